The maximum Gasteiger partial charge on any atom is 0.0603 e. The maximum absolute atomic E-state index is 6.05. The summed E-state index contributed by atoms with van der Waals surface area (Å²) >= 11 is 0. The highest BCUT2D eigenvalue weighted by atomic mass is 15.2. The average molecular weight is 204 g/mol. The lowest BCUT2D eigenvalue weighted by Gasteiger charge is -2.47. The lowest BCUT2D eigenvalue weighted by molar-refractivity contribution is 0.277. The number of nitrogens with zero attached hydrogens (tertiary/aromatic N) is 1. The summed E-state index contributed by atoms with van der Waals surface area (Å²) in [6.07, 6.45) is 0. The van der Waals surface area contributed by atoms with Gasteiger partial charge in [-0.15, -0.1) is 0 Å². The van der Waals surface area contributed by atoms with Crippen molar-refractivity contribution in [3.05, 3.63) is 23.3 Å². The van der Waals surface area contributed by atoms with E-state index in [1.54, 1.807) is 0 Å². The second-order valence-electron chi connectivity index (χ2n) is 5.52. The number of hydrogen-bond donors (Lipinski definition) is 1. The molecule has 0 aliphatic carbocycles. The molecule has 1 saturated heterocycles. The molecule has 1 aliphatic rings. The molecule has 2 rings (SSSR count). The van der Waals surface area contributed by atoms with Crippen molar-refractivity contribution in [3.8, 4) is 0 Å². The van der Waals surface area contributed by atoms with Crippen LogP contribution < -0.4 is 10.6 Å². The van der Waals surface area contributed by atoms with Gasteiger partial charge in [-0.25, -0.2) is 0 Å². The number of aryl methyl sites for hydroxylation is 2. The van der Waals surface area contributed by atoms with E-state index in [1.807, 2.05) is 0 Å². The fourth-order valence-corrected chi connectivity index (χ4v) is 2.25. The Kier molecular flexibility index (Phi) is 2.18. The number of anilines is 2. The smallest absolute Gasteiger partial charge is 0.0603 e. The molecule has 2 heteroatoms. The molecule has 0 bridgehead atoms. The Morgan fingerprint density at radius 1 is 1.13 bits per heavy atom. The lowest BCUT2D eigenvalue weighted by atomic mass is 9.83. The molecule has 0 aromatic heterocycles. The first kappa shape index (κ1) is 10.3. The van der Waals surface area contributed by atoms with Crippen LogP contribution in [0, 0.1) is 19.3 Å². The molecule has 82 valence electrons. The molecule has 1 aromatic carbocycles. The summed E-state index contributed by atoms with van der Waals surface area (Å²) in [4.78, 5) is 2.36. The minimum absolute atomic E-state index is 0.450. The van der Waals surface area contributed by atoms with Gasteiger partial charge in [-0.2, -0.15) is 0 Å². The first-order chi connectivity index (χ1) is 6.89. The van der Waals surface area contributed by atoms with E-state index >= 15 is 0 Å². The third kappa shape index (κ3) is 1.81. The first-order valence-corrected chi connectivity index (χ1v) is 5.51. The van der Waals surface area contributed by atoms with E-state index in [-0.39, 0.29) is 0 Å². The summed E-state index contributed by atoms with van der Waals surface area (Å²) in [5, 5.41) is 0. The molecule has 0 atom stereocenters. The average Bonchev–Trinajstić information content (AvgIpc) is 2.07. The van der Waals surface area contributed by atoms with Gasteiger partial charge < -0.3 is 10.6 Å². The number of rotatable bonds is 1. The van der Waals surface area contributed by atoms with Crippen LogP contribution in [0.2, 0.25) is 0 Å². The van der Waals surface area contributed by atoms with Crippen LogP contribution in [-0.4, -0.2) is 13.1 Å². The normalized spacial score (nSPS) is 18.8. The standard InChI is InChI=1S/C13H20N2/c1-9-5-11(14)12(6-10(9)2)15-7-13(3,4)8-15/h5-6H,7-8,14H2,1-4H3. The van der Waals surface area contributed by atoms with Crippen LogP contribution in [0.4, 0.5) is 11.4 Å². The first-order valence-electron chi connectivity index (χ1n) is 5.51. The van der Waals surface area contributed by atoms with Crippen LogP contribution in [-0.2, 0) is 0 Å². The highest BCUT2D eigenvalue weighted by molar-refractivity contribution is 5.71. The highest BCUT2D eigenvalue weighted by Gasteiger charge is 2.34. The minimum atomic E-state index is 0.450. The van der Waals surface area contributed by atoms with Crippen molar-refractivity contribution in [3.63, 3.8) is 0 Å². The summed E-state index contributed by atoms with van der Waals surface area (Å²) in [7, 11) is 0. The summed E-state index contributed by atoms with van der Waals surface area (Å²) in [6.45, 7) is 11.1. The topological polar surface area (TPSA) is 29.3 Å². The zero-order valence-electron chi connectivity index (χ0n) is 10.1. The quantitative estimate of drug-likeness (QED) is 0.713. The van der Waals surface area contributed by atoms with E-state index in [0.717, 1.165) is 18.8 Å². The van der Waals surface area contributed by atoms with E-state index in [9.17, 15) is 0 Å². The molecule has 0 saturated carbocycles. The van der Waals surface area contributed by atoms with Crippen molar-refractivity contribution in [2.75, 3.05) is 23.7 Å². The van der Waals surface area contributed by atoms with Crippen LogP contribution >= 0.6 is 0 Å². The van der Waals surface area contributed by atoms with E-state index in [2.05, 4.69) is 44.7 Å². The molecule has 1 fully saturated rings. The fourth-order valence-electron chi connectivity index (χ4n) is 2.25. The predicted molar refractivity (Wildman–Crippen MR) is 66.3 cm³/mol. The van der Waals surface area contributed by atoms with Gasteiger partial charge in [-0.05, 0) is 42.5 Å². The highest BCUT2D eigenvalue weighted by Crippen LogP contribution is 2.37. The van der Waals surface area contributed by atoms with Gasteiger partial charge in [-0.3, -0.25) is 0 Å². The number of benzene rings is 1. The van der Waals surface area contributed by atoms with Crippen LogP contribution in [0.15, 0.2) is 12.1 Å². The molecular formula is C13H20N2. The van der Waals surface area contributed by atoms with Gasteiger partial charge >= 0.3 is 0 Å². The summed E-state index contributed by atoms with van der Waals surface area (Å²) in [5.74, 6) is 0. The summed E-state index contributed by atoms with van der Waals surface area (Å²) < 4.78 is 0. The van der Waals surface area contributed by atoms with Crippen molar-refractivity contribution in [2.45, 2.75) is 27.7 Å². The molecule has 1 heterocycles. The van der Waals surface area contributed by atoms with Gasteiger partial charge in [0.15, 0.2) is 0 Å². The van der Waals surface area contributed by atoms with Crippen molar-refractivity contribution in [1.29, 1.82) is 0 Å². The van der Waals surface area contributed by atoms with Gasteiger partial charge in [0.2, 0.25) is 0 Å². The minimum Gasteiger partial charge on any atom is -0.397 e. The number of hydrogen-bond acceptors (Lipinski definition) is 2. The molecule has 2 nitrogen and oxygen atoms in total. The van der Waals surface area contributed by atoms with E-state index in [4.69, 9.17) is 5.73 Å². The molecule has 0 unspecified atom stereocenters. The van der Waals surface area contributed by atoms with Gasteiger partial charge in [0.05, 0.1) is 11.4 Å². The van der Waals surface area contributed by atoms with Crippen molar-refractivity contribution in [1.82, 2.24) is 0 Å². The maximum atomic E-state index is 6.05. The summed E-state index contributed by atoms with van der Waals surface area (Å²) in [5.41, 5.74) is 11.2. The molecule has 0 radical (unpaired) electrons. The Balaban J connectivity index is 2.27. The SMILES string of the molecule is Cc1cc(N)c(N2CC(C)(C)C2)cc1C. The molecule has 2 N–H and O–H groups in total. The Morgan fingerprint density at radius 2 is 1.67 bits per heavy atom. The Morgan fingerprint density at radius 3 is 2.20 bits per heavy atom. The van der Waals surface area contributed by atoms with Crippen molar-refractivity contribution in [2.24, 2.45) is 5.41 Å². The zero-order chi connectivity index (χ0) is 11.2. The number of nitrogen functional groups attached to an aromatic ring is 1. The van der Waals surface area contributed by atoms with Crippen molar-refractivity contribution >= 4 is 11.4 Å². The largest absolute Gasteiger partial charge is 0.397 e. The Bertz CT molecular complexity index is 386. The fraction of sp³-hybridized carbons (Fsp3) is 0.538. The van der Waals surface area contributed by atoms with Gasteiger partial charge in [0.25, 0.3) is 0 Å². The third-order valence-corrected chi connectivity index (χ3v) is 3.22. The summed E-state index contributed by atoms with van der Waals surface area (Å²) in [6, 6.07) is 4.29. The Labute approximate surface area is 92.1 Å². The second kappa shape index (κ2) is 3.16. The van der Waals surface area contributed by atoms with Crippen LogP contribution in [0.1, 0.15) is 25.0 Å². The third-order valence-electron chi connectivity index (χ3n) is 3.22. The molecule has 1 aliphatic heterocycles. The Hall–Kier alpha value is -1.18. The lowest BCUT2D eigenvalue weighted by Crippen LogP contribution is -2.53. The van der Waals surface area contributed by atoms with Gasteiger partial charge in [-0.1, -0.05) is 13.8 Å². The van der Waals surface area contributed by atoms with Crippen LogP contribution in [0.5, 0.6) is 0 Å². The van der Waals surface area contributed by atoms with Gasteiger partial charge in [0.1, 0.15) is 0 Å². The predicted octanol–water partition coefficient (Wildman–Crippen LogP) is 2.73. The van der Waals surface area contributed by atoms with E-state index < -0.39 is 0 Å². The van der Waals surface area contributed by atoms with E-state index in [1.165, 1.54) is 16.8 Å². The van der Waals surface area contributed by atoms with E-state index in [0.29, 0.717) is 5.41 Å². The second-order valence-corrected chi connectivity index (χ2v) is 5.52. The number of nitrogens with two attached hydrogens (primary N) is 1. The molecule has 1 aromatic rings. The molecule has 15 heavy (non-hydrogen) atoms. The van der Waals surface area contributed by atoms with Gasteiger partial charge in [0, 0.05) is 13.1 Å². The van der Waals surface area contributed by atoms with Crippen LogP contribution in [0.3, 0.4) is 0 Å². The molecule has 0 spiro atoms. The molecule has 0 amide bonds. The van der Waals surface area contributed by atoms with Crippen LogP contribution in [0.25, 0.3) is 0 Å². The molecular weight excluding hydrogens is 184 g/mol. The monoisotopic (exact) mass is 204 g/mol. The zero-order valence-corrected chi connectivity index (χ0v) is 10.1. The van der Waals surface area contributed by atoms with Crippen molar-refractivity contribution < 1.29 is 0 Å².